The molecule has 1 heterocycles. The summed E-state index contributed by atoms with van der Waals surface area (Å²) in [7, 11) is 0. The summed E-state index contributed by atoms with van der Waals surface area (Å²) in [4.78, 5) is 25.1. The zero-order valence-electron chi connectivity index (χ0n) is 18.8. The van der Waals surface area contributed by atoms with Gasteiger partial charge >= 0.3 is 0 Å². The normalized spacial score (nSPS) is 11.8. The van der Waals surface area contributed by atoms with Gasteiger partial charge in [-0.25, -0.2) is 0 Å². The molecule has 174 valence electrons. The minimum atomic E-state index is -0.364. The Kier molecular flexibility index (Phi) is 8.56. The lowest BCUT2D eigenvalue weighted by Gasteiger charge is -2.15. The van der Waals surface area contributed by atoms with Crippen molar-refractivity contribution in [1.82, 2.24) is 20.1 Å². The number of hydrogen-bond donors (Lipinski definition) is 2. The van der Waals surface area contributed by atoms with Gasteiger partial charge in [0.25, 0.3) is 5.91 Å². The van der Waals surface area contributed by atoms with Gasteiger partial charge < -0.3 is 15.2 Å². The maximum atomic E-state index is 12.6. The van der Waals surface area contributed by atoms with Crippen LogP contribution in [0.1, 0.15) is 47.2 Å². The maximum absolute atomic E-state index is 12.6. The summed E-state index contributed by atoms with van der Waals surface area (Å²) < 4.78 is 2.88. The number of amides is 2. The van der Waals surface area contributed by atoms with Gasteiger partial charge in [0.2, 0.25) is 5.91 Å². The molecule has 0 aliphatic heterocycles. The van der Waals surface area contributed by atoms with E-state index >= 15 is 0 Å². The summed E-state index contributed by atoms with van der Waals surface area (Å²) in [6.07, 6.45) is 0. The minimum Gasteiger partial charge on any atom is -0.342 e. The second-order valence-electron chi connectivity index (χ2n) is 7.54. The Morgan fingerprint density at radius 1 is 1.15 bits per heavy atom. The summed E-state index contributed by atoms with van der Waals surface area (Å²) in [5, 5.41) is 15.6. The predicted molar refractivity (Wildman–Crippen MR) is 136 cm³/mol. The quantitative estimate of drug-likeness (QED) is 0.359. The van der Waals surface area contributed by atoms with Crippen molar-refractivity contribution in [3.63, 3.8) is 0 Å². The van der Waals surface area contributed by atoms with Crippen LogP contribution >= 0.6 is 39.3 Å². The number of carbonyl (C=O) groups is 2. The fourth-order valence-corrected chi connectivity index (χ4v) is 5.01. The van der Waals surface area contributed by atoms with Crippen LogP contribution in [0.4, 0.5) is 5.69 Å². The van der Waals surface area contributed by atoms with Gasteiger partial charge in [0.15, 0.2) is 11.0 Å². The van der Waals surface area contributed by atoms with E-state index in [1.54, 1.807) is 24.3 Å². The second-order valence-corrected chi connectivity index (χ2v) is 9.83. The molecular formula is C23H25BrClN5O2S. The summed E-state index contributed by atoms with van der Waals surface area (Å²) in [5.41, 5.74) is 3.31. The maximum Gasteiger partial charge on any atom is 0.251 e. The molecule has 10 heteroatoms. The number of hydrogen-bond acceptors (Lipinski definition) is 5. The smallest absolute Gasteiger partial charge is 0.251 e. The molecule has 0 unspecified atom stereocenters. The molecule has 0 bridgehead atoms. The molecule has 0 aliphatic rings. The molecular weight excluding hydrogens is 526 g/mol. The van der Waals surface area contributed by atoms with Crippen molar-refractivity contribution in [1.29, 1.82) is 0 Å². The highest BCUT2D eigenvalue weighted by Gasteiger charge is 2.20. The molecule has 0 saturated heterocycles. The van der Waals surface area contributed by atoms with E-state index in [1.165, 1.54) is 11.8 Å². The molecule has 1 aromatic heterocycles. The molecule has 0 spiro atoms. The number of benzene rings is 2. The van der Waals surface area contributed by atoms with Gasteiger partial charge in [-0.1, -0.05) is 39.3 Å². The molecule has 2 aromatic carbocycles. The Balaban J connectivity index is 1.64. The summed E-state index contributed by atoms with van der Waals surface area (Å²) >= 11 is 10.7. The van der Waals surface area contributed by atoms with E-state index in [0.717, 1.165) is 21.3 Å². The van der Waals surface area contributed by atoms with Crippen molar-refractivity contribution >= 4 is 56.8 Å². The Bertz CT molecular complexity index is 1140. The van der Waals surface area contributed by atoms with E-state index in [-0.39, 0.29) is 23.6 Å². The van der Waals surface area contributed by atoms with Crippen molar-refractivity contribution in [3.05, 3.63) is 68.4 Å². The molecule has 2 amide bonds. The average Bonchev–Trinajstić information content (AvgIpc) is 3.18. The van der Waals surface area contributed by atoms with Gasteiger partial charge in [-0.2, -0.15) is 0 Å². The van der Waals surface area contributed by atoms with Crippen molar-refractivity contribution < 1.29 is 9.59 Å². The predicted octanol–water partition coefficient (Wildman–Crippen LogP) is 5.55. The molecule has 0 fully saturated rings. The number of anilines is 1. The topological polar surface area (TPSA) is 88.9 Å². The van der Waals surface area contributed by atoms with E-state index in [2.05, 4.69) is 36.8 Å². The van der Waals surface area contributed by atoms with Gasteiger partial charge in [-0.15, -0.1) is 10.2 Å². The van der Waals surface area contributed by atoms with Crippen LogP contribution in [0.5, 0.6) is 0 Å². The van der Waals surface area contributed by atoms with Crippen molar-refractivity contribution in [2.24, 2.45) is 0 Å². The van der Waals surface area contributed by atoms with Gasteiger partial charge in [0, 0.05) is 27.3 Å². The first-order valence-corrected chi connectivity index (χ1v) is 12.5. The number of nitrogens with one attached hydrogen (secondary N) is 2. The molecule has 3 aromatic rings. The van der Waals surface area contributed by atoms with Crippen LogP contribution in [0.25, 0.3) is 0 Å². The largest absolute Gasteiger partial charge is 0.342 e. The average molecular weight is 551 g/mol. The number of thioether (sulfide) groups is 1. The zero-order valence-corrected chi connectivity index (χ0v) is 21.9. The fourth-order valence-electron chi connectivity index (χ4n) is 3.38. The second kappa shape index (κ2) is 11.2. The van der Waals surface area contributed by atoms with Gasteiger partial charge in [0.1, 0.15) is 0 Å². The van der Waals surface area contributed by atoms with Crippen molar-refractivity contribution in [2.75, 3.05) is 11.1 Å². The fraction of sp³-hybridized carbons (Fsp3) is 0.304. The Hall–Kier alpha value is -2.36. The Morgan fingerprint density at radius 2 is 1.79 bits per heavy atom. The zero-order chi connectivity index (χ0) is 24.1. The van der Waals surface area contributed by atoms with Crippen LogP contribution in [-0.2, 0) is 11.3 Å². The monoisotopic (exact) mass is 549 g/mol. The lowest BCUT2D eigenvalue weighted by molar-refractivity contribution is -0.113. The van der Waals surface area contributed by atoms with Crippen LogP contribution in [0.2, 0.25) is 5.02 Å². The molecule has 33 heavy (non-hydrogen) atoms. The lowest BCUT2D eigenvalue weighted by Crippen LogP contribution is -2.28. The number of rotatable bonds is 8. The lowest BCUT2D eigenvalue weighted by atomic mass is 10.1. The highest BCUT2D eigenvalue weighted by Crippen LogP contribution is 2.26. The molecule has 2 N–H and O–H groups in total. The van der Waals surface area contributed by atoms with Crippen LogP contribution < -0.4 is 10.6 Å². The molecule has 0 radical (unpaired) electrons. The van der Waals surface area contributed by atoms with Crippen LogP contribution in [0, 0.1) is 13.8 Å². The van der Waals surface area contributed by atoms with Crippen LogP contribution in [0.15, 0.2) is 46.0 Å². The van der Waals surface area contributed by atoms with E-state index in [0.29, 0.717) is 28.1 Å². The van der Waals surface area contributed by atoms with Crippen molar-refractivity contribution in [2.45, 2.75) is 45.4 Å². The van der Waals surface area contributed by atoms with Crippen LogP contribution in [-0.4, -0.2) is 32.3 Å². The Morgan fingerprint density at radius 3 is 2.39 bits per heavy atom. The van der Waals surface area contributed by atoms with Crippen LogP contribution in [0.3, 0.4) is 0 Å². The van der Waals surface area contributed by atoms with E-state index in [4.69, 9.17) is 11.6 Å². The number of aromatic nitrogens is 3. The molecule has 7 nitrogen and oxygen atoms in total. The summed E-state index contributed by atoms with van der Waals surface area (Å²) in [6, 6.07) is 10.3. The first-order valence-electron chi connectivity index (χ1n) is 10.4. The third-order valence-electron chi connectivity index (χ3n) is 5.00. The highest BCUT2D eigenvalue weighted by atomic mass is 79.9. The molecule has 0 aliphatic carbocycles. The van der Waals surface area contributed by atoms with Gasteiger partial charge in [-0.05, 0) is 75.2 Å². The SMILES string of the molecule is CCn1c(SCC(=O)Nc2c(C)cc(Br)cc2C)nnc1[C@H](C)NC(=O)c1ccc(Cl)cc1. The third-order valence-corrected chi connectivity index (χ3v) is 6.67. The van der Waals surface area contributed by atoms with Gasteiger partial charge in [0.05, 0.1) is 11.8 Å². The van der Waals surface area contributed by atoms with Crippen molar-refractivity contribution in [3.8, 4) is 0 Å². The Labute approximate surface area is 210 Å². The van der Waals surface area contributed by atoms with Gasteiger partial charge in [-0.3, -0.25) is 9.59 Å². The highest BCUT2D eigenvalue weighted by molar-refractivity contribution is 9.10. The number of carbonyl (C=O) groups excluding carboxylic acids is 2. The van der Waals surface area contributed by atoms with E-state index < -0.39 is 0 Å². The number of halogens is 2. The summed E-state index contributed by atoms with van der Waals surface area (Å²) in [5.74, 6) is 0.476. The first kappa shape index (κ1) is 25.3. The molecule has 0 saturated carbocycles. The first-order chi connectivity index (χ1) is 15.7. The standard InChI is InChI=1S/C23H25BrClN5O2S/c1-5-30-21(15(4)26-22(32)16-6-8-18(25)9-7-16)28-29-23(30)33-12-19(31)27-20-13(2)10-17(24)11-14(20)3/h6-11,15H,5,12H2,1-4H3,(H,26,32)(H,27,31)/t15-/m0/s1. The van der Waals surface area contributed by atoms with E-state index in [9.17, 15) is 9.59 Å². The van der Waals surface area contributed by atoms with E-state index in [1.807, 2.05) is 44.4 Å². The third kappa shape index (κ3) is 6.37. The molecule has 1 atom stereocenters. The number of aryl methyl sites for hydroxylation is 2. The number of nitrogens with zero attached hydrogens (tertiary/aromatic N) is 3. The molecule has 3 rings (SSSR count). The summed E-state index contributed by atoms with van der Waals surface area (Å²) in [6.45, 7) is 8.35. The minimum absolute atomic E-state index is 0.121.